The van der Waals surface area contributed by atoms with Crippen molar-refractivity contribution in [2.24, 2.45) is 10.7 Å². The van der Waals surface area contributed by atoms with E-state index in [1.807, 2.05) is 6.92 Å². The first-order chi connectivity index (χ1) is 7.06. The molecule has 0 bridgehead atoms. The van der Waals surface area contributed by atoms with Gasteiger partial charge in [-0.15, -0.1) is 0 Å². The molecule has 0 aromatic heterocycles. The molecule has 0 fully saturated rings. The molecule has 0 atom stereocenters. The number of nitrogens with two attached hydrogens (primary N) is 1. The van der Waals surface area contributed by atoms with E-state index in [0.717, 1.165) is 5.57 Å². The topological polar surface area (TPSA) is 84.5 Å². The van der Waals surface area contributed by atoms with Crippen LogP contribution in [0.25, 0.3) is 0 Å². The minimum absolute atomic E-state index is 0.140. The standard InChI is InChI=1S/C10H21N3O2S/c1-8(2)6-12-9(11)13-7-10(3,4)16(5,14)15/h1,6-7H2,2-5H3,(H3,11,12,13). The Kier molecular flexibility index (Phi) is 4.99. The van der Waals surface area contributed by atoms with Gasteiger partial charge in [0.25, 0.3) is 0 Å². The number of aliphatic imine (C=N–C) groups is 1. The van der Waals surface area contributed by atoms with Gasteiger partial charge < -0.3 is 11.1 Å². The first-order valence-electron chi connectivity index (χ1n) is 4.94. The van der Waals surface area contributed by atoms with Crippen molar-refractivity contribution in [3.8, 4) is 0 Å². The monoisotopic (exact) mass is 247 g/mol. The van der Waals surface area contributed by atoms with Crippen LogP contribution in [0.1, 0.15) is 20.8 Å². The second kappa shape index (κ2) is 5.34. The van der Waals surface area contributed by atoms with Crippen molar-refractivity contribution in [1.82, 2.24) is 5.32 Å². The summed E-state index contributed by atoms with van der Waals surface area (Å²) in [6.07, 6.45) is 1.19. The molecule has 0 unspecified atom stereocenters. The molecule has 0 amide bonds. The average Bonchev–Trinajstić information content (AvgIpc) is 2.09. The summed E-state index contributed by atoms with van der Waals surface area (Å²) in [4.78, 5) is 4.00. The molecule has 0 aromatic rings. The molecule has 0 aromatic carbocycles. The van der Waals surface area contributed by atoms with Gasteiger partial charge in [-0.2, -0.15) is 0 Å². The van der Waals surface area contributed by atoms with Gasteiger partial charge in [-0.05, 0) is 20.8 Å². The van der Waals surface area contributed by atoms with E-state index in [-0.39, 0.29) is 12.5 Å². The van der Waals surface area contributed by atoms with Crippen molar-refractivity contribution in [3.05, 3.63) is 12.2 Å². The molecule has 0 aliphatic heterocycles. The molecule has 0 saturated carbocycles. The fraction of sp³-hybridized carbons (Fsp3) is 0.700. The van der Waals surface area contributed by atoms with Crippen LogP contribution in [0.2, 0.25) is 0 Å². The lowest BCUT2D eigenvalue weighted by molar-refractivity contribution is 0.555. The minimum Gasteiger partial charge on any atom is -0.370 e. The Morgan fingerprint density at radius 2 is 2.00 bits per heavy atom. The molecule has 6 heteroatoms. The van der Waals surface area contributed by atoms with Crippen molar-refractivity contribution < 1.29 is 8.42 Å². The van der Waals surface area contributed by atoms with Gasteiger partial charge in [0.05, 0.1) is 11.3 Å². The number of nitrogens with zero attached hydrogens (tertiary/aromatic N) is 1. The van der Waals surface area contributed by atoms with Crippen LogP contribution < -0.4 is 11.1 Å². The molecule has 0 aliphatic rings. The van der Waals surface area contributed by atoms with Gasteiger partial charge in [0.1, 0.15) is 0 Å². The number of rotatable bonds is 5. The molecule has 16 heavy (non-hydrogen) atoms. The van der Waals surface area contributed by atoms with Gasteiger partial charge in [0.15, 0.2) is 15.8 Å². The van der Waals surface area contributed by atoms with Gasteiger partial charge in [-0.25, -0.2) is 8.42 Å². The van der Waals surface area contributed by atoms with E-state index < -0.39 is 14.6 Å². The smallest absolute Gasteiger partial charge is 0.188 e. The average molecular weight is 247 g/mol. The third-order valence-corrected chi connectivity index (χ3v) is 4.34. The number of nitrogens with one attached hydrogen (secondary N) is 1. The molecular weight excluding hydrogens is 226 g/mol. The van der Waals surface area contributed by atoms with E-state index in [1.54, 1.807) is 13.8 Å². The minimum atomic E-state index is -3.14. The van der Waals surface area contributed by atoms with Crippen molar-refractivity contribution in [1.29, 1.82) is 0 Å². The molecule has 0 aliphatic carbocycles. The van der Waals surface area contributed by atoms with Crippen molar-refractivity contribution in [2.45, 2.75) is 25.5 Å². The summed E-state index contributed by atoms with van der Waals surface area (Å²) in [5, 5.41) is 2.84. The molecule has 0 rings (SSSR count). The largest absolute Gasteiger partial charge is 0.370 e. The third kappa shape index (κ3) is 5.16. The number of hydrogen-bond donors (Lipinski definition) is 2. The van der Waals surface area contributed by atoms with Gasteiger partial charge in [0.2, 0.25) is 0 Å². The Labute approximate surface area is 97.7 Å². The van der Waals surface area contributed by atoms with Gasteiger partial charge in [-0.3, -0.25) is 4.99 Å². The van der Waals surface area contributed by atoms with Crippen LogP contribution in [0.5, 0.6) is 0 Å². The molecule has 0 heterocycles. The quantitative estimate of drug-likeness (QED) is 0.415. The SMILES string of the molecule is C=C(C)CNC(N)=NCC(C)(C)S(C)(=O)=O. The van der Waals surface area contributed by atoms with E-state index >= 15 is 0 Å². The molecule has 94 valence electrons. The lowest BCUT2D eigenvalue weighted by atomic mass is 10.2. The molecular formula is C10H21N3O2S. The van der Waals surface area contributed by atoms with Crippen LogP contribution >= 0.6 is 0 Å². The van der Waals surface area contributed by atoms with E-state index in [4.69, 9.17) is 5.73 Å². The summed E-state index contributed by atoms with van der Waals surface area (Å²) < 4.78 is 21.9. The van der Waals surface area contributed by atoms with Crippen LogP contribution in [0.3, 0.4) is 0 Å². The predicted molar refractivity (Wildman–Crippen MR) is 68.2 cm³/mol. The maximum absolute atomic E-state index is 11.4. The maximum Gasteiger partial charge on any atom is 0.188 e. The number of sulfone groups is 1. The fourth-order valence-electron chi connectivity index (χ4n) is 0.690. The maximum atomic E-state index is 11.4. The summed E-state index contributed by atoms with van der Waals surface area (Å²) in [6.45, 7) is 9.49. The van der Waals surface area contributed by atoms with E-state index in [0.29, 0.717) is 6.54 Å². The van der Waals surface area contributed by atoms with Gasteiger partial charge >= 0.3 is 0 Å². The highest BCUT2D eigenvalue weighted by Gasteiger charge is 2.29. The van der Waals surface area contributed by atoms with Crippen molar-refractivity contribution in [2.75, 3.05) is 19.3 Å². The highest BCUT2D eigenvalue weighted by Crippen LogP contribution is 2.14. The second-order valence-electron chi connectivity index (χ2n) is 4.54. The first kappa shape index (κ1) is 15.0. The Bertz CT molecular complexity index is 383. The zero-order valence-electron chi connectivity index (χ0n) is 10.4. The molecule has 3 N–H and O–H groups in total. The highest BCUT2D eigenvalue weighted by molar-refractivity contribution is 7.92. The van der Waals surface area contributed by atoms with Crippen molar-refractivity contribution in [3.63, 3.8) is 0 Å². The Morgan fingerprint density at radius 3 is 2.38 bits per heavy atom. The van der Waals surface area contributed by atoms with Gasteiger partial charge in [0, 0.05) is 12.8 Å². The Hall–Kier alpha value is -1.04. The lowest BCUT2D eigenvalue weighted by Gasteiger charge is -2.20. The predicted octanol–water partition coefficient (Wildman–Crippen LogP) is 0.290. The molecule has 5 nitrogen and oxygen atoms in total. The summed E-state index contributed by atoms with van der Waals surface area (Å²) in [5.74, 6) is 0.236. The lowest BCUT2D eigenvalue weighted by Crippen LogP contribution is -2.38. The van der Waals surface area contributed by atoms with E-state index in [1.165, 1.54) is 6.26 Å². The Morgan fingerprint density at radius 1 is 1.50 bits per heavy atom. The third-order valence-electron chi connectivity index (χ3n) is 2.21. The summed E-state index contributed by atoms with van der Waals surface area (Å²) in [5.41, 5.74) is 6.51. The zero-order valence-corrected chi connectivity index (χ0v) is 11.2. The normalized spacial score (nSPS) is 13.6. The Balaban J connectivity index is 4.42. The van der Waals surface area contributed by atoms with E-state index in [2.05, 4.69) is 16.9 Å². The molecule has 0 radical (unpaired) electrons. The highest BCUT2D eigenvalue weighted by atomic mass is 32.2. The van der Waals surface area contributed by atoms with Crippen LogP contribution in [-0.4, -0.2) is 38.5 Å². The second-order valence-corrected chi connectivity index (χ2v) is 7.19. The molecule has 0 saturated heterocycles. The summed E-state index contributed by atoms with van der Waals surface area (Å²) in [7, 11) is -3.14. The number of guanidine groups is 1. The van der Waals surface area contributed by atoms with Crippen LogP contribution in [0.4, 0.5) is 0 Å². The summed E-state index contributed by atoms with van der Waals surface area (Å²) in [6, 6.07) is 0. The van der Waals surface area contributed by atoms with Crippen LogP contribution in [-0.2, 0) is 9.84 Å². The van der Waals surface area contributed by atoms with Crippen LogP contribution in [0.15, 0.2) is 17.1 Å². The van der Waals surface area contributed by atoms with E-state index in [9.17, 15) is 8.42 Å². The zero-order chi connectivity index (χ0) is 13.0. The van der Waals surface area contributed by atoms with Crippen LogP contribution in [0, 0.1) is 0 Å². The van der Waals surface area contributed by atoms with Gasteiger partial charge in [-0.1, -0.05) is 12.2 Å². The first-order valence-corrected chi connectivity index (χ1v) is 6.83. The molecule has 0 spiro atoms. The number of hydrogen-bond acceptors (Lipinski definition) is 3. The fourth-order valence-corrected chi connectivity index (χ4v) is 0.989. The summed E-state index contributed by atoms with van der Waals surface area (Å²) >= 11 is 0. The van der Waals surface area contributed by atoms with Crippen molar-refractivity contribution >= 4 is 15.8 Å².